The van der Waals surface area contributed by atoms with Crippen molar-refractivity contribution in [2.45, 2.75) is 43.7 Å². The van der Waals surface area contributed by atoms with Gasteiger partial charge < -0.3 is 21.9 Å². The first-order chi connectivity index (χ1) is 16.7. The number of nitrogen functional groups attached to an aromatic ring is 1. The Kier molecular flexibility index (Phi) is 7.92. The number of hydrogen-bond acceptors (Lipinski definition) is 6. The summed E-state index contributed by atoms with van der Waals surface area (Å²) in [7, 11) is 0. The van der Waals surface area contributed by atoms with Gasteiger partial charge in [-0.05, 0) is 84.2 Å². The van der Waals surface area contributed by atoms with Crippen LogP contribution in [0.3, 0.4) is 0 Å². The first-order valence-electron chi connectivity index (χ1n) is 11.3. The van der Waals surface area contributed by atoms with E-state index in [1.54, 1.807) is 18.3 Å². The summed E-state index contributed by atoms with van der Waals surface area (Å²) >= 11 is 1.97. The van der Waals surface area contributed by atoms with Crippen LogP contribution in [0.2, 0.25) is 0 Å². The minimum Gasteiger partial charge on any atom is -0.393 e. The third kappa shape index (κ3) is 5.93. The quantitative estimate of drug-likeness (QED) is 0.320. The van der Waals surface area contributed by atoms with Crippen molar-refractivity contribution >= 4 is 34.3 Å². The Morgan fingerprint density at radius 3 is 2.57 bits per heavy atom. The molecule has 3 aromatic rings. The summed E-state index contributed by atoms with van der Waals surface area (Å²) in [6.07, 6.45) is 4.31. The van der Waals surface area contributed by atoms with Gasteiger partial charge in [-0.2, -0.15) is 0 Å². The predicted octanol–water partition coefficient (Wildman–Crippen LogP) is 4.06. The first-order valence-corrected chi connectivity index (χ1v) is 12.4. The largest absolute Gasteiger partial charge is 0.393 e. The van der Waals surface area contributed by atoms with Gasteiger partial charge in [0.1, 0.15) is 23.1 Å². The lowest BCUT2D eigenvalue weighted by Gasteiger charge is -2.25. The highest BCUT2D eigenvalue weighted by molar-refractivity contribution is 14.1. The molecule has 2 aromatic carbocycles. The van der Waals surface area contributed by atoms with E-state index in [9.17, 15) is 14.3 Å². The van der Waals surface area contributed by atoms with Crippen molar-refractivity contribution in [3.63, 3.8) is 0 Å². The van der Waals surface area contributed by atoms with Gasteiger partial charge >= 0.3 is 0 Å². The number of hydrogen-bond donors (Lipinski definition) is 4. The second-order valence-corrected chi connectivity index (χ2v) is 9.94. The maximum absolute atomic E-state index is 15.0. The van der Waals surface area contributed by atoms with Gasteiger partial charge in [0.25, 0.3) is 5.91 Å². The van der Waals surface area contributed by atoms with Crippen LogP contribution in [-0.2, 0) is 0 Å². The van der Waals surface area contributed by atoms with Crippen LogP contribution in [-0.4, -0.2) is 33.6 Å². The highest BCUT2D eigenvalue weighted by Crippen LogP contribution is 2.34. The van der Waals surface area contributed by atoms with E-state index in [2.05, 4.69) is 15.3 Å². The fourth-order valence-electron chi connectivity index (χ4n) is 4.33. The van der Waals surface area contributed by atoms with E-state index in [0.29, 0.717) is 33.2 Å². The molecule has 0 aliphatic heterocycles. The third-order valence-corrected chi connectivity index (χ3v) is 6.87. The van der Waals surface area contributed by atoms with E-state index in [1.807, 2.05) is 22.6 Å². The number of carbonyl (C=O) groups is 1. The topological polar surface area (TPSA) is 127 Å². The molecule has 10 heteroatoms. The number of aromatic nitrogens is 2. The lowest BCUT2D eigenvalue weighted by Crippen LogP contribution is -2.34. The number of carbonyl (C=O) groups excluding carboxylic acids is 1. The monoisotopic (exact) mass is 593 g/mol. The number of nitrogens with one attached hydrogen (secondary N) is 1. The summed E-state index contributed by atoms with van der Waals surface area (Å²) in [5.41, 5.74) is 13.6. The minimum absolute atomic E-state index is 0.0160. The molecule has 0 spiro atoms. The summed E-state index contributed by atoms with van der Waals surface area (Å²) in [4.78, 5) is 21.7. The van der Waals surface area contributed by atoms with Crippen LogP contribution in [0.25, 0.3) is 11.3 Å². The fourth-order valence-corrected chi connectivity index (χ4v) is 4.99. The van der Waals surface area contributed by atoms with Crippen LogP contribution < -0.4 is 16.8 Å². The molecule has 1 atom stereocenters. The van der Waals surface area contributed by atoms with E-state index in [0.717, 1.165) is 18.5 Å². The van der Waals surface area contributed by atoms with Crippen molar-refractivity contribution in [2.75, 3.05) is 12.3 Å². The Hall–Kier alpha value is -2.70. The molecule has 35 heavy (non-hydrogen) atoms. The maximum Gasteiger partial charge on any atom is 0.254 e. The normalized spacial score (nSPS) is 18.8. The van der Waals surface area contributed by atoms with Crippen LogP contribution in [0.5, 0.6) is 0 Å². The molecule has 4 rings (SSSR count). The molecule has 7 nitrogen and oxygen atoms in total. The van der Waals surface area contributed by atoms with Gasteiger partial charge in [-0.1, -0.05) is 6.07 Å². The smallest absolute Gasteiger partial charge is 0.254 e. The second-order valence-electron chi connectivity index (χ2n) is 8.69. The van der Waals surface area contributed by atoms with Crippen molar-refractivity contribution in [1.82, 2.24) is 15.3 Å². The maximum atomic E-state index is 15.0. The Morgan fingerprint density at radius 2 is 1.91 bits per heavy atom. The average Bonchev–Trinajstić information content (AvgIpc) is 2.82. The molecule has 1 heterocycles. The molecule has 1 saturated carbocycles. The number of nitrogens with zero attached hydrogens (tertiary/aromatic N) is 2. The molecule has 1 aromatic heterocycles. The van der Waals surface area contributed by atoms with Crippen LogP contribution in [0, 0.1) is 15.2 Å². The standard InChI is InChI=1S/C25H26F2IN5O2/c26-16-7-15(8-17(28)10-16)21(11-29)33-25(35)19-6-3-14(9-20(19)27)23-24(30)31-12-22(32-23)13-1-4-18(34)5-2-13/h3,6-10,12-13,18,21,34H,1-2,4-5,11,29H2,(H2,30,31)(H,33,35)/t13-,18-,21-/m1/s1. The Labute approximate surface area is 215 Å². The van der Waals surface area contributed by atoms with Gasteiger partial charge in [-0.15, -0.1) is 0 Å². The van der Waals surface area contributed by atoms with Crippen molar-refractivity contribution in [3.8, 4) is 11.3 Å². The Balaban J connectivity index is 1.55. The number of rotatable bonds is 6. The summed E-state index contributed by atoms with van der Waals surface area (Å²) in [6, 6.07) is 7.80. The zero-order valence-corrected chi connectivity index (χ0v) is 21.0. The number of aliphatic hydroxyl groups is 1. The highest BCUT2D eigenvalue weighted by Gasteiger charge is 2.24. The molecule has 0 radical (unpaired) electrons. The molecule has 6 N–H and O–H groups in total. The van der Waals surface area contributed by atoms with Crippen LogP contribution in [0.4, 0.5) is 14.6 Å². The van der Waals surface area contributed by atoms with Crippen molar-refractivity contribution in [3.05, 3.63) is 74.6 Å². The van der Waals surface area contributed by atoms with Crippen molar-refractivity contribution in [2.24, 2.45) is 5.73 Å². The van der Waals surface area contributed by atoms with Crippen molar-refractivity contribution < 1.29 is 18.7 Å². The second kappa shape index (κ2) is 10.9. The molecule has 1 aliphatic carbocycles. The number of nitrogens with two attached hydrogens (primary N) is 2. The lowest BCUT2D eigenvalue weighted by atomic mass is 9.85. The molecule has 0 bridgehead atoms. The van der Waals surface area contributed by atoms with Crippen molar-refractivity contribution in [1.29, 1.82) is 0 Å². The summed E-state index contributed by atoms with van der Waals surface area (Å²) in [5, 5.41) is 12.4. The third-order valence-electron chi connectivity index (χ3n) is 6.25. The van der Waals surface area contributed by atoms with Gasteiger partial charge in [0.2, 0.25) is 0 Å². The van der Waals surface area contributed by atoms with E-state index in [4.69, 9.17) is 11.5 Å². The molecular weight excluding hydrogens is 567 g/mol. The highest BCUT2D eigenvalue weighted by atomic mass is 127. The molecule has 184 valence electrons. The minimum atomic E-state index is -0.753. The van der Waals surface area contributed by atoms with Gasteiger partial charge in [0.15, 0.2) is 0 Å². The fraction of sp³-hybridized carbons (Fsp3) is 0.320. The number of anilines is 1. The van der Waals surface area contributed by atoms with Gasteiger partial charge in [0, 0.05) is 21.6 Å². The van der Waals surface area contributed by atoms with E-state index >= 15 is 4.39 Å². The molecule has 0 unspecified atom stereocenters. The zero-order valence-electron chi connectivity index (χ0n) is 18.8. The average molecular weight is 593 g/mol. The van der Waals surface area contributed by atoms with Gasteiger partial charge in [-0.3, -0.25) is 4.79 Å². The molecule has 1 aliphatic rings. The van der Waals surface area contributed by atoms with E-state index < -0.39 is 23.6 Å². The Morgan fingerprint density at radius 1 is 1.17 bits per heavy atom. The summed E-state index contributed by atoms with van der Waals surface area (Å²) in [6.45, 7) is 0.0160. The van der Waals surface area contributed by atoms with Crippen LogP contribution >= 0.6 is 22.6 Å². The van der Waals surface area contributed by atoms with Gasteiger partial charge in [-0.25, -0.2) is 18.7 Å². The van der Waals surface area contributed by atoms with Crippen LogP contribution in [0.15, 0.2) is 42.6 Å². The number of halogens is 3. The predicted molar refractivity (Wildman–Crippen MR) is 137 cm³/mol. The summed E-state index contributed by atoms with van der Waals surface area (Å²) in [5.74, 6) is -1.56. The summed E-state index contributed by atoms with van der Waals surface area (Å²) < 4.78 is 29.5. The molecular formula is C25H26F2IN5O2. The van der Waals surface area contributed by atoms with Crippen LogP contribution in [0.1, 0.15) is 59.3 Å². The SMILES string of the molecule is NC[C@@H](NC(=O)c1ccc(-c2nc([C@H]3CC[C@H](O)CC3)cnc2N)cc1F)c1cc(F)cc(I)c1. The van der Waals surface area contributed by atoms with E-state index in [1.165, 1.54) is 24.3 Å². The van der Waals surface area contributed by atoms with E-state index in [-0.39, 0.29) is 29.9 Å². The number of aliphatic hydroxyl groups excluding tert-OH is 1. The lowest BCUT2D eigenvalue weighted by molar-refractivity contribution is 0.0933. The number of amides is 1. The molecule has 1 fully saturated rings. The van der Waals surface area contributed by atoms with Gasteiger partial charge in [0.05, 0.1) is 29.6 Å². The molecule has 1 amide bonds. The Bertz CT molecular complexity index is 1210. The number of benzene rings is 2. The first kappa shape index (κ1) is 25.4. The molecule has 0 saturated heterocycles. The zero-order chi connectivity index (χ0) is 25.1.